The SMILES string of the molecule is CC(=O)N1CCc2ccc(NS(C)(=O)=O)cc2C1. The van der Waals surface area contributed by atoms with Crippen LogP contribution in [0.15, 0.2) is 18.2 Å². The molecule has 18 heavy (non-hydrogen) atoms. The Morgan fingerprint density at radius 3 is 2.67 bits per heavy atom. The number of anilines is 1. The van der Waals surface area contributed by atoms with Gasteiger partial charge >= 0.3 is 0 Å². The van der Waals surface area contributed by atoms with Crippen molar-refractivity contribution in [2.24, 2.45) is 0 Å². The molecule has 6 heteroatoms. The summed E-state index contributed by atoms with van der Waals surface area (Å²) in [6.07, 6.45) is 1.93. The Bertz CT molecular complexity index is 581. The van der Waals surface area contributed by atoms with Gasteiger partial charge in [0.1, 0.15) is 0 Å². The van der Waals surface area contributed by atoms with Gasteiger partial charge in [0.15, 0.2) is 0 Å². The van der Waals surface area contributed by atoms with Crippen LogP contribution in [0.2, 0.25) is 0 Å². The number of sulfonamides is 1. The molecule has 0 aliphatic carbocycles. The van der Waals surface area contributed by atoms with Crippen molar-refractivity contribution in [2.75, 3.05) is 17.5 Å². The highest BCUT2D eigenvalue weighted by atomic mass is 32.2. The molecule has 0 bridgehead atoms. The van der Waals surface area contributed by atoms with Crippen LogP contribution in [-0.4, -0.2) is 32.0 Å². The van der Waals surface area contributed by atoms with E-state index in [4.69, 9.17) is 0 Å². The summed E-state index contributed by atoms with van der Waals surface area (Å²) in [5.74, 6) is 0.0436. The van der Waals surface area contributed by atoms with Gasteiger partial charge in [-0.1, -0.05) is 6.07 Å². The van der Waals surface area contributed by atoms with Crippen molar-refractivity contribution in [3.63, 3.8) is 0 Å². The standard InChI is InChI=1S/C12H16N2O3S/c1-9(15)14-6-5-10-3-4-12(7-11(10)8-14)13-18(2,16)17/h3-4,7,13H,5-6,8H2,1-2H3. The lowest BCUT2D eigenvalue weighted by Gasteiger charge is -2.28. The molecule has 2 rings (SSSR count). The molecule has 0 atom stereocenters. The third-order valence-electron chi connectivity index (χ3n) is 2.97. The molecular formula is C12H16N2O3S. The molecule has 5 nitrogen and oxygen atoms in total. The number of nitrogens with zero attached hydrogens (tertiary/aromatic N) is 1. The predicted molar refractivity (Wildman–Crippen MR) is 69.7 cm³/mol. The molecule has 1 N–H and O–H groups in total. The van der Waals surface area contributed by atoms with E-state index >= 15 is 0 Å². The molecule has 1 heterocycles. The van der Waals surface area contributed by atoms with Gasteiger partial charge in [-0.2, -0.15) is 0 Å². The number of fused-ring (bicyclic) bond motifs is 1. The molecule has 0 spiro atoms. The largest absolute Gasteiger partial charge is 0.338 e. The summed E-state index contributed by atoms with van der Waals surface area (Å²) in [7, 11) is -3.26. The molecule has 1 aliphatic heterocycles. The number of rotatable bonds is 2. The Kier molecular flexibility index (Phi) is 3.30. The van der Waals surface area contributed by atoms with Crippen LogP contribution in [0, 0.1) is 0 Å². The van der Waals surface area contributed by atoms with E-state index in [0.29, 0.717) is 12.2 Å². The Labute approximate surface area is 107 Å². The molecular weight excluding hydrogens is 252 g/mol. The number of hydrogen-bond donors (Lipinski definition) is 1. The van der Waals surface area contributed by atoms with Gasteiger partial charge in [-0.15, -0.1) is 0 Å². The zero-order valence-electron chi connectivity index (χ0n) is 10.4. The predicted octanol–water partition coefficient (Wildman–Crippen LogP) is 0.963. The molecule has 98 valence electrons. The minimum absolute atomic E-state index is 0.0436. The van der Waals surface area contributed by atoms with Crippen LogP contribution in [0.3, 0.4) is 0 Å². The third-order valence-corrected chi connectivity index (χ3v) is 3.57. The van der Waals surface area contributed by atoms with Gasteiger partial charge in [0.2, 0.25) is 15.9 Å². The molecule has 0 saturated carbocycles. The Hall–Kier alpha value is -1.56. The minimum atomic E-state index is -3.26. The Balaban J connectivity index is 2.26. The van der Waals surface area contributed by atoms with E-state index in [1.165, 1.54) is 5.56 Å². The fourth-order valence-corrected chi connectivity index (χ4v) is 2.66. The van der Waals surface area contributed by atoms with Gasteiger partial charge in [-0.3, -0.25) is 9.52 Å². The van der Waals surface area contributed by atoms with Crippen LogP contribution in [0.4, 0.5) is 5.69 Å². The number of benzene rings is 1. The first-order valence-corrected chi connectivity index (χ1v) is 7.59. The first kappa shape index (κ1) is 12.9. The van der Waals surface area contributed by atoms with Gasteiger partial charge in [0, 0.05) is 25.7 Å². The maximum atomic E-state index is 11.3. The number of hydrogen-bond acceptors (Lipinski definition) is 3. The van der Waals surface area contributed by atoms with Gasteiger partial charge in [0.25, 0.3) is 0 Å². The van der Waals surface area contributed by atoms with E-state index < -0.39 is 10.0 Å². The van der Waals surface area contributed by atoms with Crippen molar-refractivity contribution in [3.8, 4) is 0 Å². The number of nitrogens with one attached hydrogen (secondary N) is 1. The normalized spacial score (nSPS) is 15.1. The summed E-state index contributed by atoms with van der Waals surface area (Å²) >= 11 is 0. The van der Waals surface area contributed by atoms with E-state index in [0.717, 1.165) is 24.8 Å². The average molecular weight is 268 g/mol. The first-order valence-electron chi connectivity index (χ1n) is 5.70. The molecule has 0 unspecified atom stereocenters. The summed E-state index contributed by atoms with van der Waals surface area (Å²) in [6.45, 7) is 2.81. The third kappa shape index (κ3) is 3.01. The lowest BCUT2D eigenvalue weighted by Crippen LogP contribution is -2.34. The van der Waals surface area contributed by atoms with Gasteiger partial charge in [-0.05, 0) is 29.7 Å². The first-order chi connectivity index (χ1) is 8.35. The highest BCUT2D eigenvalue weighted by molar-refractivity contribution is 7.92. The summed E-state index contributed by atoms with van der Waals surface area (Å²) in [5, 5.41) is 0. The second kappa shape index (κ2) is 4.61. The zero-order valence-corrected chi connectivity index (χ0v) is 11.3. The number of carbonyl (C=O) groups excluding carboxylic acids is 1. The van der Waals surface area contributed by atoms with Crippen molar-refractivity contribution < 1.29 is 13.2 Å². The molecule has 0 radical (unpaired) electrons. The quantitative estimate of drug-likeness (QED) is 0.869. The maximum absolute atomic E-state index is 11.3. The number of carbonyl (C=O) groups is 1. The monoisotopic (exact) mass is 268 g/mol. The fourth-order valence-electron chi connectivity index (χ4n) is 2.10. The number of amides is 1. The van der Waals surface area contributed by atoms with Crippen LogP contribution >= 0.6 is 0 Å². The lowest BCUT2D eigenvalue weighted by molar-refractivity contribution is -0.129. The topological polar surface area (TPSA) is 66.5 Å². The van der Waals surface area contributed by atoms with Crippen LogP contribution in [-0.2, 0) is 27.8 Å². The van der Waals surface area contributed by atoms with Crippen molar-refractivity contribution >= 4 is 21.6 Å². The van der Waals surface area contributed by atoms with E-state index in [1.807, 2.05) is 6.07 Å². The minimum Gasteiger partial charge on any atom is -0.338 e. The summed E-state index contributed by atoms with van der Waals surface area (Å²) in [6, 6.07) is 5.47. The van der Waals surface area contributed by atoms with E-state index in [2.05, 4.69) is 4.72 Å². The second-order valence-corrected chi connectivity index (χ2v) is 6.30. The highest BCUT2D eigenvalue weighted by Crippen LogP contribution is 2.23. The molecule has 1 aliphatic rings. The molecule has 0 fully saturated rings. The van der Waals surface area contributed by atoms with Crippen molar-refractivity contribution in [2.45, 2.75) is 19.9 Å². The lowest BCUT2D eigenvalue weighted by atomic mass is 9.99. The van der Waals surface area contributed by atoms with Crippen LogP contribution in [0.5, 0.6) is 0 Å². The fraction of sp³-hybridized carbons (Fsp3) is 0.417. The summed E-state index contributed by atoms with van der Waals surface area (Å²) < 4.78 is 24.8. The molecule has 1 aromatic rings. The average Bonchev–Trinajstić information content (AvgIpc) is 2.25. The van der Waals surface area contributed by atoms with Crippen LogP contribution in [0.25, 0.3) is 0 Å². The van der Waals surface area contributed by atoms with Gasteiger partial charge in [0.05, 0.1) is 6.26 Å². The van der Waals surface area contributed by atoms with E-state index in [9.17, 15) is 13.2 Å². The zero-order chi connectivity index (χ0) is 13.3. The van der Waals surface area contributed by atoms with Gasteiger partial charge in [-0.25, -0.2) is 8.42 Å². The van der Waals surface area contributed by atoms with Crippen molar-refractivity contribution in [1.29, 1.82) is 0 Å². The maximum Gasteiger partial charge on any atom is 0.229 e. The van der Waals surface area contributed by atoms with E-state index in [1.54, 1.807) is 24.0 Å². The van der Waals surface area contributed by atoms with Crippen molar-refractivity contribution in [3.05, 3.63) is 29.3 Å². The molecule has 1 aromatic carbocycles. The van der Waals surface area contributed by atoms with Crippen molar-refractivity contribution in [1.82, 2.24) is 4.90 Å². The smallest absolute Gasteiger partial charge is 0.229 e. The second-order valence-electron chi connectivity index (χ2n) is 4.55. The Morgan fingerprint density at radius 2 is 2.06 bits per heavy atom. The Morgan fingerprint density at radius 1 is 1.33 bits per heavy atom. The highest BCUT2D eigenvalue weighted by Gasteiger charge is 2.18. The van der Waals surface area contributed by atoms with E-state index in [-0.39, 0.29) is 5.91 Å². The van der Waals surface area contributed by atoms with Gasteiger partial charge < -0.3 is 4.90 Å². The van der Waals surface area contributed by atoms with Crippen LogP contribution < -0.4 is 4.72 Å². The van der Waals surface area contributed by atoms with Crippen LogP contribution in [0.1, 0.15) is 18.1 Å². The summed E-state index contributed by atoms with van der Waals surface area (Å²) in [4.78, 5) is 13.1. The molecule has 1 amide bonds. The molecule has 0 saturated heterocycles. The summed E-state index contributed by atoms with van der Waals surface area (Å²) in [5.41, 5.74) is 2.72. The molecule has 0 aromatic heterocycles.